The highest BCUT2D eigenvalue weighted by molar-refractivity contribution is 7.07. The Morgan fingerprint density at radius 1 is 1.53 bits per heavy atom. The summed E-state index contributed by atoms with van der Waals surface area (Å²) in [5.74, 6) is 0.793. The Morgan fingerprint density at radius 3 is 3.13 bits per heavy atom. The number of rotatable bonds is 3. The third-order valence-corrected chi connectivity index (χ3v) is 2.90. The Labute approximate surface area is 97.2 Å². The van der Waals surface area contributed by atoms with E-state index in [1.165, 1.54) is 5.56 Å². The summed E-state index contributed by atoms with van der Waals surface area (Å²) in [6.07, 6.45) is 1.71. The van der Waals surface area contributed by atoms with Crippen molar-refractivity contribution in [2.45, 2.75) is 13.5 Å². The molecule has 15 heavy (non-hydrogen) atoms. The number of thiophene rings is 1. The van der Waals surface area contributed by atoms with Crippen LogP contribution in [0.3, 0.4) is 0 Å². The van der Waals surface area contributed by atoms with Crippen molar-refractivity contribution in [2.24, 2.45) is 0 Å². The van der Waals surface area contributed by atoms with Gasteiger partial charge in [-0.05, 0) is 40.9 Å². The van der Waals surface area contributed by atoms with Crippen LogP contribution in [-0.4, -0.2) is 9.97 Å². The third kappa shape index (κ3) is 2.67. The first-order chi connectivity index (χ1) is 7.25. The Kier molecular flexibility index (Phi) is 3.18. The van der Waals surface area contributed by atoms with Crippen LogP contribution < -0.4 is 5.32 Å². The van der Waals surface area contributed by atoms with Crippen LogP contribution in [-0.2, 0) is 6.54 Å². The van der Waals surface area contributed by atoms with Gasteiger partial charge in [-0.1, -0.05) is 0 Å². The molecule has 0 aliphatic rings. The average Bonchev–Trinajstić information content (AvgIpc) is 2.72. The molecule has 0 bridgehead atoms. The molecule has 78 valence electrons. The minimum absolute atomic E-state index is 0.272. The molecule has 0 fully saturated rings. The predicted molar refractivity (Wildman–Crippen MR) is 63.4 cm³/mol. The molecule has 3 nitrogen and oxygen atoms in total. The van der Waals surface area contributed by atoms with Gasteiger partial charge in [-0.3, -0.25) is 0 Å². The molecule has 0 unspecified atom stereocenters. The number of aryl methyl sites for hydroxylation is 1. The molecular weight excluding hydrogens is 230 g/mol. The van der Waals surface area contributed by atoms with Crippen molar-refractivity contribution in [1.29, 1.82) is 0 Å². The first kappa shape index (κ1) is 10.4. The summed E-state index contributed by atoms with van der Waals surface area (Å²) in [6, 6.07) is 2.08. The van der Waals surface area contributed by atoms with Gasteiger partial charge in [-0.25, -0.2) is 9.97 Å². The van der Waals surface area contributed by atoms with Crippen molar-refractivity contribution in [3.05, 3.63) is 39.4 Å². The molecule has 0 aromatic carbocycles. The third-order valence-electron chi connectivity index (χ3n) is 1.98. The van der Waals surface area contributed by atoms with E-state index in [2.05, 4.69) is 32.1 Å². The maximum atomic E-state index is 5.72. The maximum absolute atomic E-state index is 5.72. The summed E-state index contributed by atoms with van der Waals surface area (Å²) >= 11 is 7.40. The standard InChI is InChI=1S/C10H10ClN3S/c1-7-4-13-10(11)14-9(7)12-5-8-2-3-15-6-8/h2-4,6H,5H2,1H3,(H,12,13,14). The molecule has 0 radical (unpaired) electrons. The Morgan fingerprint density at radius 2 is 2.40 bits per heavy atom. The normalized spacial score (nSPS) is 10.3. The molecule has 5 heteroatoms. The first-order valence-corrected chi connectivity index (χ1v) is 5.82. The number of halogens is 1. The number of hydrogen-bond donors (Lipinski definition) is 1. The Balaban J connectivity index is 2.07. The van der Waals surface area contributed by atoms with Crippen molar-refractivity contribution in [2.75, 3.05) is 5.32 Å². The molecule has 0 aliphatic heterocycles. The molecule has 1 N–H and O–H groups in total. The van der Waals surface area contributed by atoms with E-state index >= 15 is 0 Å². The molecule has 2 aromatic heterocycles. The van der Waals surface area contributed by atoms with Crippen LogP contribution in [0.1, 0.15) is 11.1 Å². The molecule has 2 heterocycles. The van der Waals surface area contributed by atoms with E-state index in [0.29, 0.717) is 0 Å². The van der Waals surface area contributed by atoms with Gasteiger partial charge in [0.25, 0.3) is 0 Å². The number of nitrogens with one attached hydrogen (secondary N) is 1. The minimum Gasteiger partial charge on any atom is -0.366 e. The van der Waals surface area contributed by atoms with Crippen molar-refractivity contribution in [3.63, 3.8) is 0 Å². The Bertz CT molecular complexity index is 442. The molecule has 0 aliphatic carbocycles. The van der Waals surface area contributed by atoms with Crippen molar-refractivity contribution in [3.8, 4) is 0 Å². The highest BCUT2D eigenvalue weighted by atomic mass is 35.5. The van der Waals surface area contributed by atoms with Gasteiger partial charge in [-0.15, -0.1) is 0 Å². The lowest BCUT2D eigenvalue weighted by Crippen LogP contribution is -2.03. The zero-order valence-corrected chi connectivity index (χ0v) is 9.77. The average molecular weight is 240 g/mol. The van der Waals surface area contributed by atoms with E-state index in [9.17, 15) is 0 Å². The Hall–Kier alpha value is -1.13. The van der Waals surface area contributed by atoms with Gasteiger partial charge < -0.3 is 5.32 Å². The van der Waals surface area contributed by atoms with Gasteiger partial charge >= 0.3 is 0 Å². The van der Waals surface area contributed by atoms with Crippen LogP contribution in [0.15, 0.2) is 23.0 Å². The highest BCUT2D eigenvalue weighted by Gasteiger charge is 2.01. The molecule has 0 saturated heterocycles. The summed E-state index contributed by atoms with van der Waals surface area (Å²) in [6.45, 7) is 2.71. The lowest BCUT2D eigenvalue weighted by molar-refractivity contribution is 1.06. The predicted octanol–water partition coefficient (Wildman–Crippen LogP) is 3.11. The number of anilines is 1. The minimum atomic E-state index is 0.272. The van der Waals surface area contributed by atoms with E-state index in [-0.39, 0.29) is 5.28 Å². The second-order valence-corrected chi connectivity index (χ2v) is 4.27. The van der Waals surface area contributed by atoms with Crippen LogP contribution in [0.2, 0.25) is 5.28 Å². The zero-order chi connectivity index (χ0) is 10.7. The molecule has 0 amide bonds. The molecular formula is C10H10ClN3S. The fourth-order valence-electron chi connectivity index (χ4n) is 1.18. The smallest absolute Gasteiger partial charge is 0.224 e. The maximum Gasteiger partial charge on any atom is 0.224 e. The van der Waals surface area contributed by atoms with E-state index in [0.717, 1.165) is 17.9 Å². The summed E-state index contributed by atoms with van der Waals surface area (Å²) in [5, 5.41) is 7.65. The highest BCUT2D eigenvalue weighted by Crippen LogP contribution is 2.14. The van der Waals surface area contributed by atoms with Gasteiger partial charge in [-0.2, -0.15) is 11.3 Å². The summed E-state index contributed by atoms with van der Waals surface area (Å²) in [7, 11) is 0. The zero-order valence-electron chi connectivity index (χ0n) is 8.20. The monoisotopic (exact) mass is 239 g/mol. The topological polar surface area (TPSA) is 37.8 Å². The number of aromatic nitrogens is 2. The molecule has 2 rings (SSSR count). The van der Waals surface area contributed by atoms with Crippen LogP contribution in [0.4, 0.5) is 5.82 Å². The van der Waals surface area contributed by atoms with E-state index in [1.807, 2.05) is 6.92 Å². The first-order valence-electron chi connectivity index (χ1n) is 4.50. The summed E-state index contributed by atoms with van der Waals surface area (Å²) in [5.41, 5.74) is 2.24. The van der Waals surface area contributed by atoms with E-state index < -0.39 is 0 Å². The molecule has 0 spiro atoms. The molecule has 0 saturated carbocycles. The van der Waals surface area contributed by atoms with Crippen LogP contribution in [0.25, 0.3) is 0 Å². The molecule has 2 aromatic rings. The van der Waals surface area contributed by atoms with Crippen LogP contribution in [0, 0.1) is 6.92 Å². The van der Waals surface area contributed by atoms with E-state index in [1.54, 1.807) is 17.5 Å². The van der Waals surface area contributed by atoms with E-state index in [4.69, 9.17) is 11.6 Å². The second-order valence-electron chi connectivity index (χ2n) is 3.16. The van der Waals surface area contributed by atoms with Crippen molar-refractivity contribution in [1.82, 2.24) is 9.97 Å². The second kappa shape index (κ2) is 4.59. The number of nitrogens with zero attached hydrogens (tertiary/aromatic N) is 2. The largest absolute Gasteiger partial charge is 0.366 e. The summed E-state index contributed by atoms with van der Waals surface area (Å²) in [4.78, 5) is 8.02. The van der Waals surface area contributed by atoms with Gasteiger partial charge in [0.2, 0.25) is 5.28 Å². The number of hydrogen-bond acceptors (Lipinski definition) is 4. The lowest BCUT2D eigenvalue weighted by atomic mass is 10.3. The van der Waals surface area contributed by atoms with Gasteiger partial charge in [0.15, 0.2) is 0 Å². The molecule has 0 atom stereocenters. The quantitative estimate of drug-likeness (QED) is 0.837. The SMILES string of the molecule is Cc1cnc(Cl)nc1NCc1ccsc1. The van der Waals surface area contributed by atoms with Gasteiger partial charge in [0.1, 0.15) is 5.82 Å². The van der Waals surface area contributed by atoms with Gasteiger partial charge in [0, 0.05) is 18.3 Å². The lowest BCUT2D eigenvalue weighted by Gasteiger charge is -2.06. The summed E-state index contributed by atoms with van der Waals surface area (Å²) < 4.78 is 0. The fraction of sp³-hybridized carbons (Fsp3) is 0.200. The van der Waals surface area contributed by atoms with Gasteiger partial charge in [0.05, 0.1) is 0 Å². The van der Waals surface area contributed by atoms with Crippen molar-refractivity contribution < 1.29 is 0 Å². The van der Waals surface area contributed by atoms with Crippen molar-refractivity contribution >= 4 is 28.8 Å². The fourth-order valence-corrected chi connectivity index (χ4v) is 1.98. The van der Waals surface area contributed by atoms with Crippen LogP contribution in [0.5, 0.6) is 0 Å². The van der Waals surface area contributed by atoms with Crippen LogP contribution >= 0.6 is 22.9 Å².